The Balaban J connectivity index is 1.73. The van der Waals surface area contributed by atoms with Crippen LogP contribution in [0.5, 0.6) is 0 Å². The summed E-state index contributed by atoms with van der Waals surface area (Å²) in [4.78, 5) is 23.9. The van der Waals surface area contributed by atoms with Gasteiger partial charge in [0.1, 0.15) is 17.3 Å². The Morgan fingerprint density at radius 1 is 1.10 bits per heavy atom. The van der Waals surface area contributed by atoms with Gasteiger partial charge in [-0.25, -0.2) is 9.97 Å². The standard InChI is InChI=1S/C21H16F3N5O/c1-25-19-16-11-27-18(29-20(30)13-4-5-13)9-15(16)14(10-28-19)3-2-12-6-7-26-17(8-12)21(22,23)24/h6-11,13H,4-5H2,1H3,(H,25,28)(H,27,29,30). The van der Waals surface area contributed by atoms with E-state index in [1.165, 1.54) is 12.3 Å². The van der Waals surface area contributed by atoms with Gasteiger partial charge in [0, 0.05) is 47.9 Å². The van der Waals surface area contributed by atoms with Crippen LogP contribution in [-0.4, -0.2) is 27.9 Å². The van der Waals surface area contributed by atoms with E-state index in [4.69, 9.17) is 0 Å². The molecule has 1 saturated carbocycles. The number of aromatic nitrogens is 3. The van der Waals surface area contributed by atoms with E-state index in [0.717, 1.165) is 25.1 Å². The van der Waals surface area contributed by atoms with Crippen LogP contribution >= 0.6 is 0 Å². The van der Waals surface area contributed by atoms with Gasteiger partial charge in [-0.3, -0.25) is 9.78 Å². The molecule has 0 spiro atoms. The second-order valence-corrected chi connectivity index (χ2v) is 6.83. The largest absolute Gasteiger partial charge is 0.433 e. The number of alkyl halides is 3. The van der Waals surface area contributed by atoms with Crippen LogP contribution in [0.4, 0.5) is 24.8 Å². The number of pyridine rings is 3. The third-order valence-corrected chi connectivity index (χ3v) is 4.60. The quantitative estimate of drug-likeness (QED) is 0.641. The summed E-state index contributed by atoms with van der Waals surface area (Å²) in [5.41, 5.74) is -0.324. The van der Waals surface area contributed by atoms with Crippen LogP contribution in [0, 0.1) is 17.8 Å². The molecule has 2 N–H and O–H groups in total. The second-order valence-electron chi connectivity index (χ2n) is 6.83. The Hall–Kier alpha value is -3.67. The van der Waals surface area contributed by atoms with E-state index < -0.39 is 11.9 Å². The topological polar surface area (TPSA) is 79.8 Å². The number of hydrogen-bond donors (Lipinski definition) is 2. The van der Waals surface area contributed by atoms with Crippen LogP contribution < -0.4 is 10.6 Å². The van der Waals surface area contributed by atoms with E-state index in [9.17, 15) is 18.0 Å². The molecule has 0 unspecified atom stereocenters. The molecule has 6 nitrogen and oxygen atoms in total. The monoisotopic (exact) mass is 411 g/mol. The SMILES string of the molecule is CNc1ncc(C#Cc2ccnc(C(F)(F)F)c2)c2cc(NC(=O)C3CC3)ncc12. The van der Waals surface area contributed by atoms with Crippen molar-refractivity contribution in [2.75, 3.05) is 17.7 Å². The Kier molecular flexibility index (Phi) is 4.99. The van der Waals surface area contributed by atoms with E-state index in [0.29, 0.717) is 28.0 Å². The Morgan fingerprint density at radius 2 is 1.90 bits per heavy atom. The van der Waals surface area contributed by atoms with Crippen molar-refractivity contribution in [3.05, 3.63) is 53.6 Å². The van der Waals surface area contributed by atoms with Crippen molar-refractivity contribution in [1.29, 1.82) is 0 Å². The molecule has 0 radical (unpaired) electrons. The minimum atomic E-state index is -4.54. The molecule has 3 aromatic heterocycles. The van der Waals surface area contributed by atoms with Crippen LogP contribution in [0.15, 0.2) is 36.8 Å². The number of fused-ring (bicyclic) bond motifs is 1. The first-order chi connectivity index (χ1) is 14.3. The van der Waals surface area contributed by atoms with E-state index in [-0.39, 0.29) is 17.4 Å². The van der Waals surface area contributed by atoms with Gasteiger partial charge in [-0.2, -0.15) is 13.2 Å². The van der Waals surface area contributed by atoms with E-state index in [2.05, 4.69) is 37.4 Å². The summed E-state index contributed by atoms with van der Waals surface area (Å²) in [6, 6.07) is 3.99. The summed E-state index contributed by atoms with van der Waals surface area (Å²) >= 11 is 0. The third kappa shape index (κ3) is 4.17. The summed E-state index contributed by atoms with van der Waals surface area (Å²) in [7, 11) is 1.71. The van der Waals surface area contributed by atoms with Crippen LogP contribution in [-0.2, 0) is 11.0 Å². The van der Waals surface area contributed by atoms with E-state index >= 15 is 0 Å². The highest BCUT2D eigenvalue weighted by molar-refractivity contribution is 5.99. The number of hydrogen-bond acceptors (Lipinski definition) is 5. The van der Waals surface area contributed by atoms with Crippen molar-refractivity contribution in [2.45, 2.75) is 19.0 Å². The lowest BCUT2D eigenvalue weighted by atomic mass is 10.1. The highest BCUT2D eigenvalue weighted by Gasteiger charge is 2.32. The minimum absolute atomic E-state index is 0.0292. The fourth-order valence-electron chi connectivity index (χ4n) is 2.88. The fourth-order valence-corrected chi connectivity index (χ4v) is 2.88. The zero-order chi connectivity index (χ0) is 21.3. The molecule has 0 aliphatic heterocycles. The number of carbonyl (C=O) groups excluding carboxylic acids is 1. The first kappa shape index (κ1) is 19.6. The highest BCUT2D eigenvalue weighted by Crippen LogP contribution is 2.31. The Labute approximate surface area is 169 Å². The number of carbonyl (C=O) groups is 1. The van der Waals surface area contributed by atoms with Gasteiger partial charge in [0.15, 0.2) is 0 Å². The van der Waals surface area contributed by atoms with Crippen molar-refractivity contribution in [3.8, 4) is 11.8 Å². The molecule has 0 saturated heterocycles. The first-order valence-electron chi connectivity index (χ1n) is 9.18. The average Bonchev–Trinajstić information content (AvgIpc) is 3.57. The summed E-state index contributed by atoms with van der Waals surface area (Å²) in [6.45, 7) is 0. The van der Waals surface area contributed by atoms with Crippen LogP contribution in [0.25, 0.3) is 10.8 Å². The van der Waals surface area contributed by atoms with Crippen molar-refractivity contribution < 1.29 is 18.0 Å². The lowest BCUT2D eigenvalue weighted by molar-refractivity contribution is -0.141. The van der Waals surface area contributed by atoms with Crippen LogP contribution in [0.1, 0.15) is 29.7 Å². The predicted molar refractivity (Wildman–Crippen MR) is 106 cm³/mol. The zero-order valence-electron chi connectivity index (χ0n) is 15.8. The smallest absolute Gasteiger partial charge is 0.373 e. The molecule has 4 rings (SSSR count). The number of nitrogens with one attached hydrogen (secondary N) is 2. The molecule has 0 bridgehead atoms. The van der Waals surface area contributed by atoms with Gasteiger partial charge >= 0.3 is 6.18 Å². The van der Waals surface area contributed by atoms with E-state index in [1.807, 2.05) is 0 Å². The molecule has 30 heavy (non-hydrogen) atoms. The Morgan fingerprint density at radius 3 is 2.60 bits per heavy atom. The molecule has 9 heteroatoms. The molecule has 1 aliphatic carbocycles. The maximum Gasteiger partial charge on any atom is 0.433 e. The number of amides is 1. The number of rotatable bonds is 3. The van der Waals surface area contributed by atoms with Crippen molar-refractivity contribution in [3.63, 3.8) is 0 Å². The van der Waals surface area contributed by atoms with Gasteiger partial charge in [0.25, 0.3) is 0 Å². The average molecular weight is 411 g/mol. The lowest BCUT2D eigenvalue weighted by Crippen LogP contribution is -2.14. The van der Waals surface area contributed by atoms with Crippen molar-refractivity contribution in [1.82, 2.24) is 15.0 Å². The molecule has 0 aromatic carbocycles. The summed E-state index contributed by atoms with van der Waals surface area (Å²) < 4.78 is 38.6. The zero-order valence-corrected chi connectivity index (χ0v) is 15.8. The normalized spacial score (nSPS) is 13.5. The first-order valence-corrected chi connectivity index (χ1v) is 9.18. The number of nitrogens with zero attached hydrogens (tertiary/aromatic N) is 3. The predicted octanol–water partition coefficient (Wildman–Crippen LogP) is 3.83. The van der Waals surface area contributed by atoms with Gasteiger partial charge in [-0.1, -0.05) is 11.8 Å². The summed E-state index contributed by atoms with van der Waals surface area (Å²) in [5, 5.41) is 7.10. The minimum Gasteiger partial charge on any atom is -0.373 e. The molecular weight excluding hydrogens is 395 g/mol. The second kappa shape index (κ2) is 7.63. The fraction of sp³-hybridized carbons (Fsp3) is 0.238. The molecule has 152 valence electrons. The highest BCUT2D eigenvalue weighted by atomic mass is 19.4. The molecule has 1 amide bonds. The summed E-state index contributed by atoms with van der Waals surface area (Å²) in [5.74, 6) is 6.52. The van der Waals surface area contributed by atoms with Gasteiger partial charge in [-0.15, -0.1) is 0 Å². The number of halogens is 3. The van der Waals surface area contributed by atoms with Crippen LogP contribution in [0.2, 0.25) is 0 Å². The van der Waals surface area contributed by atoms with E-state index in [1.54, 1.807) is 19.3 Å². The molecule has 3 aromatic rings. The third-order valence-electron chi connectivity index (χ3n) is 4.60. The van der Waals surface area contributed by atoms with Gasteiger partial charge in [0.2, 0.25) is 5.91 Å². The van der Waals surface area contributed by atoms with Crippen molar-refractivity contribution in [2.24, 2.45) is 5.92 Å². The molecule has 3 heterocycles. The molecule has 1 fully saturated rings. The van der Waals surface area contributed by atoms with Gasteiger partial charge in [-0.05, 0) is 31.0 Å². The molecular formula is C21H16F3N5O. The van der Waals surface area contributed by atoms with Crippen LogP contribution in [0.3, 0.4) is 0 Å². The van der Waals surface area contributed by atoms with Gasteiger partial charge in [0.05, 0.1) is 5.56 Å². The Bertz CT molecular complexity index is 1190. The maximum absolute atomic E-state index is 12.9. The molecule has 1 aliphatic rings. The molecule has 0 atom stereocenters. The van der Waals surface area contributed by atoms with Crippen molar-refractivity contribution >= 4 is 28.3 Å². The lowest BCUT2D eigenvalue weighted by Gasteiger charge is -2.09. The summed E-state index contributed by atoms with van der Waals surface area (Å²) in [6.07, 6.45) is 1.38. The van der Waals surface area contributed by atoms with Gasteiger partial charge < -0.3 is 10.6 Å². The maximum atomic E-state index is 12.9. The number of anilines is 2.